The predicted molar refractivity (Wildman–Crippen MR) is 81.8 cm³/mol. The summed E-state index contributed by atoms with van der Waals surface area (Å²) < 4.78 is 43.7. The first-order valence-electron chi connectivity index (χ1n) is 7.73. The molecule has 0 unspecified atom stereocenters. The van der Waals surface area contributed by atoms with Gasteiger partial charge in [0.1, 0.15) is 5.75 Å². The number of amides is 2. The molecule has 2 N–H and O–H groups in total. The number of hydrogen-bond donors (Lipinski definition) is 2. The van der Waals surface area contributed by atoms with Crippen LogP contribution in [0, 0.1) is 0 Å². The number of nitrogens with zero attached hydrogens (tertiary/aromatic N) is 1. The molecule has 134 valence electrons. The van der Waals surface area contributed by atoms with E-state index in [2.05, 4.69) is 5.32 Å². The van der Waals surface area contributed by atoms with Gasteiger partial charge in [-0.25, -0.2) is 4.79 Å². The van der Waals surface area contributed by atoms with Gasteiger partial charge in [0, 0.05) is 13.0 Å². The zero-order valence-corrected chi connectivity index (χ0v) is 13.6. The fourth-order valence-electron chi connectivity index (χ4n) is 2.58. The van der Waals surface area contributed by atoms with Gasteiger partial charge < -0.3 is 20.1 Å². The third-order valence-electron chi connectivity index (χ3n) is 4.09. The first-order chi connectivity index (χ1) is 11.2. The van der Waals surface area contributed by atoms with Crippen LogP contribution in [0.15, 0.2) is 24.3 Å². The summed E-state index contributed by atoms with van der Waals surface area (Å²) in [6, 6.07) is 6.08. The lowest BCUT2D eigenvalue weighted by Crippen LogP contribution is -2.49. The van der Waals surface area contributed by atoms with Crippen LogP contribution in [0.5, 0.6) is 5.75 Å². The van der Waals surface area contributed by atoms with Crippen LogP contribution >= 0.6 is 0 Å². The Morgan fingerprint density at radius 2 is 2.04 bits per heavy atom. The van der Waals surface area contributed by atoms with Crippen molar-refractivity contribution in [2.75, 3.05) is 19.7 Å². The minimum absolute atomic E-state index is 0.141. The van der Waals surface area contributed by atoms with Gasteiger partial charge in [-0.15, -0.1) is 0 Å². The fourth-order valence-corrected chi connectivity index (χ4v) is 2.58. The molecule has 2 rings (SSSR count). The van der Waals surface area contributed by atoms with Crippen LogP contribution in [0.2, 0.25) is 0 Å². The number of β-amino-alcohol motifs (C(OH)–C–C–N with tert-alkyl or cyclic N) is 1. The Labute approximate surface area is 138 Å². The van der Waals surface area contributed by atoms with Crippen molar-refractivity contribution in [1.29, 1.82) is 0 Å². The van der Waals surface area contributed by atoms with Crippen LogP contribution in [-0.2, 0) is 0 Å². The topological polar surface area (TPSA) is 61.8 Å². The molecule has 2 amide bonds. The van der Waals surface area contributed by atoms with Gasteiger partial charge in [0.05, 0.1) is 19.2 Å². The molecule has 24 heavy (non-hydrogen) atoms. The normalized spacial score (nSPS) is 22.3. The molecule has 2 atom stereocenters. The lowest BCUT2D eigenvalue weighted by atomic mass is 10.0. The standard InChI is InChI=1S/C16H21F3N2O3/c1-3-24-13-6-4-12(5-7-13)11(2)20-14(22)21-9-8-15(23,10-21)16(17,18)19/h4-7,11,23H,3,8-10H2,1-2H3,(H,20,22)/t11-,15-/m1/s1. The second-order valence-electron chi connectivity index (χ2n) is 5.87. The highest BCUT2D eigenvalue weighted by Crippen LogP contribution is 2.37. The number of benzene rings is 1. The largest absolute Gasteiger partial charge is 0.494 e. The highest BCUT2D eigenvalue weighted by molar-refractivity contribution is 5.75. The molecule has 1 aliphatic rings. The van der Waals surface area contributed by atoms with Gasteiger partial charge in [-0.05, 0) is 31.5 Å². The van der Waals surface area contributed by atoms with E-state index < -0.39 is 30.8 Å². The molecule has 0 radical (unpaired) electrons. The summed E-state index contributed by atoms with van der Waals surface area (Å²) >= 11 is 0. The zero-order valence-electron chi connectivity index (χ0n) is 13.6. The number of aliphatic hydroxyl groups is 1. The molecule has 0 aliphatic carbocycles. The summed E-state index contributed by atoms with van der Waals surface area (Å²) in [5, 5.41) is 12.3. The Balaban J connectivity index is 1.95. The second-order valence-corrected chi connectivity index (χ2v) is 5.87. The van der Waals surface area contributed by atoms with Gasteiger partial charge in [-0.3, -0.25) is 0 Å². The van der Waals surface area contributed by atoms with Gasteiger partial charge in [-0.2, -0.15) is 13.2 Å². The van der Waals surface area contributed by atoms with Gasteiger partial charge in [-0.1, -0.05) is 12.1 Å². The fraction of sp³-hybridized carbons (Fsp3) is 0.562. The molecule has 1 aromatic rings. The molecule has 1 fully saturated rings. The van der Waals surface area contributed by atoms with Crippen LogP contribution in [0.3, 0.4) is 0 Å². The Bertz CT molecular complexity index is 577. The summed E-state index contributed by atoms with van der Waals surface area (Å²) in [5.74, 6) is 0.703. The maximum Gasteiger partial charge on any atom is 0.419 e. The number of nitrogens with one attached hydrogen (secondary N) is 1. The van der Waals surface area contributed by atoms with Crippen molar-refractivity contribution < 1.29 is 27.8 Å². The van der Waals surface area contributed by atoms with Gasteiger partial charge in [0.15, 0.2) is 5.60 Å². The molecule has 0 saturated carbocycles. The van der Waals surface area contributed by atoms with Crippen molar-refractivity contribution in [2.45, 2.75) is 38.1 Å². The number of alkyl halides is 3. The summed E-state index contributed by atoms with van der Waals surface area (Å²) in [7, 11) is 0. The smallest absolute Gasteiger partial charge is 0.419 e. The third kappa shape index (κ3) is 3.92. The first-order valence-corrected chi connectivity index (χ1v) is 7.73. The molecule has 1 saturated heterocycles. The Morgan fingerprint density at radius 3 is 2.54 bits per heavy atom. The van der Waals surface area contributed by atoms with Crippen molar-refractivity contribution in [3.05, 3.63) is 29.8 Å². The second kappa shape index (κ2) is 6.88. The lowest BCUT2D eigenvalue weighted by molar-refractivity contribution is -0.253. The van der Waals surface area contributed by atoms with E-state index in [9.17, 15) is 23.1 Å². The monoisotopic (exact) mass is 346 g/mol. The molecule has 5 nitrogen and oxygen atoms in total. The maximum atomic E-state index is 12.8. The number of urea groups is 1. The minimum Gasteiger partial charge on any atom is -0.494 e. The van der Waals surface area contributed by atoms with E-state index in [1.807, 2.05) is 6.92 Å². The SMILES string of the molecule is CCOc1ccc([C@@H](C)NC(=O)N2CC[C@](O)(C(F)(F)F)C2)cc1. The number of carbonyl (C=O) groups is 1. The average molecular weight is 346 g/mol. The summed E-state index contributed by atoms with van der Waals surface area (Å²) in [5.41, 5.74) is -2.02. The maximum absolute atomic E-state index is 12.8. The Hall–Kier alpha value is -1.96. The van der Waals surface area contributed by atoms with E-state index in [0.717, 1.165) is 10.5 Å². The van der Waals surface area contributed by atoms with E-state index in [1.54, 1.807) is 31.2 Å². The number of rotatable bonds is 4. The number of likely N-dealkylation sites (tertiary alicyclic amines) is 1. The van der Waals surface area contributed by atoms with Crippen molar-refractivity contribution >= 4 is 6.03 Å². The molecule has 1 aliphatic heterocycles. The number of hydrogen-bond acceptors (Lipinski definition) is 3. The quantitative estimate of drug-likeness (QED) is 0.881. The Morgan fingerprint density at radius 1 is 1.42 bits per heavy atom. The molecule has 0 spiro atoms. The Kier molecular flexibility index (Phi) is 5.27. The molecule has 8 heteroatoms. The van der Waals surface area contributed by atoms with E-state index in [-0.39, 0.29) is 12.6 Å². The highest BCUT2D eigenvalue weighted by Gasteiger charge is 2.57. The van der Waals surface area contributed by atoms with Crippen LogP contribution in [0.1, 0.15) is 31.9 Å². The van der Waals surface area contributed by atoms with Crippen LogP contribution in [0.4, 0.5) is 18.0 Å². The predicted octanol–water partition coefficient (Wildman–Crippen LogP) is 2.86. The molecular weight excluding hydrogens is 325 g/mol. The summed E-state index contributed by atoms with van der Waals surface area (Å²) in [4.78, 5) is 13.1. The van der Waals surface area contributed by atoms with Crippen LogP contribution < -0.4 is 10.1 Å². The lowest BCUT2D eigenvalue weighted by Gasteiger charge is -2.26. The van der Waals surface area contributed by atoms with Crippen LogP contribution in [0.25, 0.3) is 0 Å². The summed E-state index contributed by atoms with van der Waals surface area (Å²) in [6.07, 6.45) is -5.26. The van der Waals surface area contributed by atoms with Crippen molar-refractivity contribution in [1.82, 2.24) is 10.2 Å². The van der Waals surface area contributed by atoms with E-state index in [0.29, 0.717) is 12.4 Å². The van der Waals surface area contributed by atoms with E-state index in [4.69, 9.17) is 4.74 Å². The van der Waals surface area contributed by atoms with Crippen molar-refractivity contribution in [2.24, 2.45) is 0 Å². The van der Waals surface area contributed by atoms with Gasteiger partial charge in [0.2, 0.25) is 0 Å². The number of carbonyl (C=O) groups excluding carboxylic acids is 1. The number of ether oxygens (including phenoxy) is 1. The average Bonchev–Trinajstić information content (AvgIpc) is 2.92. The molecular formula is C16H21F3N2O3. The van der Waals surface area contributed by atoms with Gasteiger partial charge in [0.25, 0.3) is 0 Å². The molecule has 0 bridgehead atoms. The molecule has 1 aromatic carbocycles. The molecule has 0 aromatic heterocycles. The highest BCUT2D eigenvalue weighted by atomic mass is 19.4. The van der Waals surface area contributed by atoms with Crippen molar-refractivity contribution in [3.8, 4) is 5.75 Å². The number of halogens is 3. The van der Waals surface area contributed by atoms with Gasteiger partial charge >= 0.3 is 12.2 Å². The first kappa shape index (κ1) is 18.4. The third-order valence-corrected chi connectivity index (χ3v) is 4.09. The minimum atomic E-state index is -4.75. The van der Waals surface area contributed by atoms with E-state index >= 15 is 0 Å². The molecule has 1 heterocycles. The van der Waals surface area contributed by atoms with Crippen molar-refractivity contribution in [3.63, 3.8) is 0 Å². The van der Waals surface area contributed by atoms with Crippen LogP contribution in [-0.4, -0.2) is 47.5 Å². The van der Waals surface area contributed by atoms with E-state index in [1.165, 1.54) is 0 Å². The zero-order chi connectivity index (χ0) is 18.0. The summed E-state index contributed by atoms with van der Waals surface area (Å²) in [6.45, 7) is 3.26.